The number of methoxy groups -OCH3 is 1. The number of nitrogens with zero attached hydrogens (tertiary/aromatic N) is 2. The van der Waals surface area contributed by atoms with E-state index in [1.54, 1.807) is 31.3 Å². The van der Waals surface area contributed by atoms with E-state index in [0.29, 0.717) is 34.0 Å². The van der Waals surface area contributed by atoms with Gasteiger partial charge in [0.1, 0.15) is 11.9 Å². The molecule has 0 saturated carbocycles. The molecular formula is C23H25BrN6O3. The Morgan fingerprint density at radius 3 is 2.58 bits per heavy atom. The third-order valence-corrected chi connectivity index (χ3v) is 5.25. The number of hydrogen-bond donors (Lipinski definition) is 4. The van der Waals surface area contributed by atoms with E-state index >= 15 is 0 Å². The van der Waals surface area contributed by atoms with Gasteiger partial charge in [-0.05, 0) is 53.0 Å². The second-order valence-corrected chi connectivity index (χ2v) is 8.12. The molecule has 0 spiro atoms. The lowest BCUT2D eigenvalue weighted by atomic mass is 10.1. The maximum absolute atomic E-state index is 12.5. The summed E-state index contributed by atoms with van der Waals surface area (Å²) in [5.74, 6) is 0.0480. The number of esters is 1. The van der Waals surface area contributed by atoms with Gasteiger partial charge < -0.3 is 26.4 Å². The summed E-state index contributed by atoms with van der Waals surface area (Å²) in [6, 6.07) is 15.5. The maximum atomic E-state index is 12.5. The van der Waals surface area contributed by atoms with Gasteiger partial charge in [-0.3, -0.25) is 4.79 Å². The zero-order valence-electron chi connectivity index (χ0n) is 18.2. The number of hydrogen-bond acceptors (Lipinski definition) is 8. The standard InChI is InChI=1S/C23H25BrN6O3/c1-14(22(32)33-2)27-20-18(24)13-26-23(30-20)29-17-10-6-9-16(12-17)28-21(31)19(25)11-15-7-4-3-5-8-15/h3-10,12-14,19H,11,25H2,1-2H3,(H,28,31)(H2,26,27,29,30). The SMILES string of the molecule is COC(=O)C(C)Nc1nc(Nc2cccc(NC(=O)C(N)Cc3ccccc3)c2)ncc1Br. The minimum atomic E-state index is -0.677. The summed E-state index contributed by atoms with van der Waals surface area (Å²) < 4.78 is 5.32. The van der Waals surface area contributed by atoms with Gasteiger partial charge in [0.05, 0.1) is 17.6 Å². The van der Waals surface area contributed by atoms with Crippen LogP contribution in [-0.2, 0) is 20.7 Å². The Morgan fingerprint density at radius 2 is 1.85 bits per heavy atom. The molecule has 0 bridgehead atoms. The zero-order chi connectivity index (χ0) is 23.8. The van der Waals surface area contributed by atoms with Gasteiger partial charge in [-0.25, -0.2) is 9.78 Å². The normalized spacial score (nSPS) is 12.4. The Balaban J connectivity index is 1.65. The molecule has 0 fully saturated rings. The first-order valence-electron chi connectivity index (χ1n) is 10.2. The van der Waals surface area contributed by atoms with E-state index in [0.717, 1.165) is 5.56 Å². The quantitative estimate of drug-likeness (QED) is 0.320. The van der Waals surface area contributed by atoms with Crippen LogP contribution in [0, 0.1) is 0 Å². The fourth-order valence-electron chi connectivity index (χ4n) is 2.97. The number of benzene rings is 2. The fourth-order valence-corrected chi connectivity index (χ4v) is 3.27. The molecule has 33 heavy (non-hydrogen) atoms. The van der Waals surface area contributed by atoms with Gasteiger partial charge >= 0.3 is 5.97 Å². The van der Waals surface area contributed by atoms with E-state index < -0.39 is 18.1 Å². The molecule has 3 aromatic rings. The molecule has 1 aromatic heterocycles. The van der Waals surface area contributed by atoms with Crippen LogP contribution in [0.25, 0.3) is 0 Å². The highest BCUT2D eigenvalue weighted by atomic mass is 79.9. The van der Waals surface area contributed by atoms with Gasteiger partial charge in [0.2, 0.25) is 11.9 Å². The summed E-state index contributed by atoms with van der Waals surface area (Å²) in [6.45, 7) is 1.67. The largest absolute Gasteiger partial charge is 0.467 e. The molecule has 0 aliphatic carbocycles. The first-order chi connectivity index (χ1) is 15.9. The minimum Gasteiger partial charge on any atom is -0.467 e. The van der Waals surface area contributed by atoms with Crippen molar-refractivity contribution < 1.29 is 14.3 Å². The Bertz CT molecular complexity index is 1110. The zero-order valence-corrected chi connectivity index (χ0v) is 19.8. The number of nitrogens with two attached hydrogens (primary N) is 1. The summed E-state index contributed by atoms with van der Waals surface area (Å²) in [7, 11) is 1.32. The summed E-state index contributed by atoms with van der Waals surface area (Å²) in [5, 5.41) is 8.90. The summed E-state index contributed by atoms with van der Waals surface area (Å²) in [5.41, 5.74) is 8.31. The number of halogens is 1. The Morgan fingerprint density at radius 1 is 1.12 bits per heavy atom. The van der Waals surface area contributed by atoms with Crippen LogP contribution in [0.2, 0.25) is 0 Å². The first-order valence-corrected chi connectivity index (χ1v) is 11.0. The molecule has 1 heterocycles. The summed E-state index contributed by atoms with van der Waals surface area (Å²) in [4.78, 5) is 32.8. The molecule has 0 saturated heterocycles. The van der Waals surface area contributed by atoms with E-state index in [9.17, 15) is 9.59 Å². The molecule has 10 heteroatoms. The van der Waals surface area contributed by atoms with Crippen LogP contribution in [0.5, 0.6) is 0 Å². The van der Waals surface area contributed by atoms with Crippen LogP contribution >= 0.6 is 15.9 Å². The Kier molecular flexibility index (Phi) is 8.34. The number of carbonyl (C=O) groups is 2. The molecule has 2 atom stereocenters. The molecule has 3 rings (SSSR count). The third kappa shape index (κ3) is 6.99. The summed E-state index contributed by atoms with van der Waals surface area (Å²) >= 11 is 3.36. The number of anilines is 4. The number of amides is 1. The van der Waals surface area contributed by atoms with E-state index in [1.165, 1.54) is 7.11 Å². The highest BCUT2D eigenvalue weighted by Gasteiger charge is 2.16. The van der Waals surface area contributed by atoms with Gasteiger partial charge in [-0.15, -0.1) is 0 Å². The molecule has 0 radical (unpaired) electrons. The molecule has 5 N–H and O–H groups in total. The molecule has 0 aliphatic rings. The van der Waals surface area contributed by atoms with Crippen molar-refractivity contribution in [3.05, 3.63) is 70.8 Å². The lowest BCUT2D eigenvalue weighted by Crippen LogP contribution is -2.37. The van der Waals surface area contributed by atoms with Crippen LogP contribution in [0.3, 0.4) is 0 Å². The topological polar surface area (TPSA) is 131 Å². The minimum absolute atomic E-state index is 0.279. The van der Waals surface area contributed by atoms with Crippen LogP contribution in [0.1, 0.15) is 12.5 Å². The monoisotopic (exact) mass is 512 g/mol. The average molecular weight is 513 g/mol. The van der Waals surface area contributed by atoms with Crippen molar-refractivity contribution in [3.63, 3.8) is 0 Å². The predicted molar refractivity (Wildman–Crippen MR) is 131 cm³/mol. The number of carbonyl (C=O) groups excluding carboxylic acids is 2. The number of aromatic nitrogens is 2. The van der Waals surface area contributed by atoms with Crippen molar-refractivity contribution in [1.82, 2.24) is 9.97 Å². The summed E-state index contributed by atoms with van der Waals surface area (Å²) in [6.07, 6.45) is 2.01. The lowest BCUT2D eigenvalue weighted by molar-refractivity contribution is -0.141. The third-order valence-electron chi connectivity index (χ3n) is 4.67. The van der Waals surface area contributed by atoms with Crippen LogP contribution in [0.4, 0.5) is 23.1 Å². The Hall–Kier alpha value is -3.50. The first kappa shape index (κ1) is 24.1. The second kappa shape index (κ2) is 11.4. The molecular weight excluding hydrogens is 488 g/mol. The predicted octanol–water partition coefficient (Wildman–Crippen LogP) is 3.46. The van der Waals surface area contributed by atoms with Crippen molar-refractivity contribution in [2.75, 3.05) is 23.1 Å². The average Bonchev–Trinajstić information content (AvgIpc) is 2.81. The Labute approximate surface area is 200 Å². The van der Waals surface area contributed by atoms with Gasteiger partial charge in [-0.1, -0.05) is 36.4 Å². The number of rotatable bonds is 9. The fraction of sp³-hybridized carbons (Fsp3) is 0.217. The molecule has 0 aliphatic heterocycles. The highest BCUT2D eigenvalue weighted by molar-refractivity contribution is 9.10. The van der Waals surface area contributed by atoms with Crippen molar-refractivity contribution in [1.29, 1.82) is 0 Å². The van der Waals surface area contributed by atoms with Crippen LogP contribution in [0.15, 0.2) is 65.3 Å². The second-order valence-electron chi connectivity index (χ2n) is 7.27. The molecule has 172 valence electrons. The van der Waals surface area contributed by atoms with Gasteiger partial charge in [0.15, 0.2) is 0 Å². The van der Waals surface area contributed by atoms with Crippen LogP contribution in [-0.4, -0.2) is 41.0 Å². The van der Waals surface area contributed by atoms with E-state index in [4.69, 9.17) is 10.5 Å². The molecule has 2 unspecified atom stereocenters. The lowest BCUT2D eigenvalue weighted by Gasteiger charge is -2.15. The highest BCUT2D eigenvalue weighted by Crippen LogP contribution is 2.24. The van der Waals surface area contributed by atoms with Crippen molar-refractivity contribution in [2.24, 2.45) is 5.73 Å². The van der Waals surface area contributed by atoms with Crippen molar-refractivity contribution >= 4 is 50.9 Å². The van der Waals surface area contributed by atoms with Gasteiger partial charge in [-0.2, -0.15) is 4.98 Å². The van der Waals surface area contributed by atoms with Crippen molar-refractivity contribution in [3.8, 4) is 0 Å². The van der Waals surface area contributed by atoms with E-state index in [2.05, 4.69) is 41.8 Å². The van der Waals surface area contributed by atoms with Gasteiger partial charge in [0.25, 0.3) is 0 Å². The molecule has 1 amide bonds. The number of nitrogens with one attached hydrogen (secondary N) is 3. The van der Waals surface area contributed by atoms with Gasteiger partial charge in [0, 0.05) is 17.6 Å². The van der Waals surface area contributed by atoms with Crippen molar-refractivity contribution in [2.45, 2.75) is 25.4 Å². The smallest absolute Gasteiger partial charge is 0.328 e. The van der Waals surface area contributed by atoms with E-state index in [1.807, 2.05) is 36.4 Å². The number of ether oxygens (including phenoxy) is 1. The molecule has 9 nitrogen and oxygen atoms in total. The maximum Gasteiger partial charge on any atom is 0.328 e. The van der Waals surface area contributed by atoms with E-state index in [-0.39, 0.29) is 5.91 Å². The van der Waals surface area contributed by atoms with Crippen LogP contribution < -0.4 is 21.7 Å². The molecule has 2 aromatic carbocycles.